The van der Waals surface area contributed by atoms with Crippen LogP contribution in [0.5, 0.6) is 5.75 Å². The van der Waals surface area contributed by atoms with Crippen molar-refractivity contribution >= 4 is 0 Å². The molecule has 2 atom stereocenters. The molecule has 134 valence electrons. The first-order valence-electron chi connectivity index (χ1n) is 9.17. The average molecular weight is 341 g/mol. The second-order valence-corrected chi connectivity index (χ2v) is 7.52. The van der Waals surface area contributed by atoms with E-state index in [1.54, 1.807) is 13.3 Å². The Kier molecular flexibility index (Phi) is 4.29. The van der Waals surface area contributed by atoms with Crippen LogP contribution in [0.3, 0.4) is 0 Å². The number of aryl methyl sites for hydroxylation is 1. The summed E-state index contributed by atoms with van der Waals surface area (Å²) in [5, 5.41) is 11.6. The van der Waals surface area contributed by atoms with E-state index in [9.17, 15) is 5.11 Å². The lowest BCUT2D eigenvalue weighted by Crippen LogP contribution is -2.58. The number of piperidine rings is 1. The first kappa shape index (κ1) is 16.6. The van der Waals surface area contributed by atoms with Gasteiger partial charge < -0.3 is 14.4 Å². The van der Waals surface area contributed by atoms with Crippen molar-refractivity contribution in [1.29, 1.82) is 0 Å². The number of hydrogen-bond donors (Lipinski definition) is 1. The van der Waals surface area contributed by atoms with Crippen molar-refractivity contribution in [3.8, 4) is 5.75 Å². The van der Waals surface area contributed by atoms with Crippen molar-refractivity contribution in [2.75, 3.05) is 20.2 Å². The fraction of sp³-hybridized carbons (Fsp3) is 0.550. The van der Waals surface area contributed by atoms with Crippen LogP contribution in [0, 0.1) is 11.8 Å². The number of aromatic nitrogens is 2. The Morgan fingerprint density at radius 1 is 1.24 bits per heavy atom. The third-order valence-electron chi connectivity index (χ3n) is 6.07. The van der Waals surface area contributed by atoms with Gasteiger partial charge in [0.2, 0.25) is 0 Å². The lowest BCUT2D eigenvalue weighted by molar-refractivity contribution is -0.155. The predicted molar refractivity (Wildman–Crippen MR) is 96.2 cm³/mol. The van der Waals surface area contributed by atoms with E-state index in [-0.39, 0.29) is 11.8 Å². The van der Waals surface area contributed by atoms with Crippen LogP contribution in [0.4, 0.5) is 0 Å². The van der Waals surface area contributed by atoms with E-state index in [0.717, 1.165) is 44.0 Å². The highest BCUT2D eigenvalue weighted by atomic mass is 16.5. The van der Waals surface area contributed by atoms with Gasteiger partial charge in [0, 0.05) is 56.5 Å². The molecule has 0 spiro atoms. The van der Waals surface area contributed by atoms with Gasteiger partial charge in [-0.05, 0) is 18.9 Å². The minimum absolute atomic E-state index is 0.232. The number of rotatable bonds is 4. The molecule has 1 N–H and O–H groups in total. The standard InChI is InChI=1S/C20H27N3O2/c1-22-11-10-21-19(22)20(24)16-7-5-8-17(20)14-23(13-16)12-15-6-3-4-9-18(15)25-2/h3-4,6,9-11,16-17,24H,5,7-8,12-14H2,1-2H3. The van der Waals surface area contributed by atoms with Crippen LogP contribution in [0.1, 0.15) is 30.7 Å². The predicted octanol–water partition coefficient (Wildman–Crippen LogP) is 2.55. The van der Waals surface area contributed by atoms with Gasteiger partial charge in [-0.15, -0.1) is 0 Å². The van der Waals surface area contributed by atoms with E-state index in [4.69, 9.17) is 4.74 Å². The molecule has 1 aromatic carbocycles. The molecule has 0 radical (unpaired) electrons. The molecule has 2 aliphatic rings. The number of likely N-dealkylation sites (tertiary alicyclic amines) is 1. The molecule has 4 rings (SSSR count). The van der Waals surface area contributed by atoms with Crippen LogP contribution in [0.25, 0.3) is 0 Å². The van der Waals surface area contributed by atoms with Gasteiger partial charge in [0.25, 0.3) is 0 Å². The summed E-state index contributed by atoms with van der Waals surface area (Å²) in [6.45, 7) is 2.67. The number of hydrogen-bond acceptors (Lipinski definition) is 4. The van der Waals surface area contributed by atoms with E-state index in [1.807, 2.05) is 29.9 Å². The SMILES string of the molecule is COc1ccccc1CN1CC2CCCC(C1)C2(O)c1nccn1C. The second kappa shape index (κ2) is 6.46. The highest BCUT2D eigenvalue weighted by Gasteiger charge is 2.53. The number of aliphatic hydroxyl groups is 1. The zero-order chi connectivity index (χ0) is 17.4. The average Bonchev–Trinajstić information content (AvgIpc) is 3.03. The van der Waals surface area contributed by atoms with Crippen molar-refractivity contribution in [3.63, 3.8) is 0 Å². The van der Waals surface area contributed by atoms with Gasteiger partial charge >= 0.3 is 0 Å². The Hall–Kier alpha value is -1.85. The second-order valence-electron chi connectivity index (χ2n) is 7.52. The normalized spacial score (nSPS) is 29.6. The van der Waals surface area contributed by atoms with Gasteiger partial charge in [-0.3, -0.25) is 4.90 Å². The van der Waals surface area contributed by atoms with Crippen molar-refractivity contribution in [2.24, 2.45) is 18.9 Å². The molecule has 5 nitrogen and oxygen atoms in total. The fourth-order valence-electron chi connectivity index (χ4n) is 4.86. The van der Waals surface area contributed by atoms with Crippen LogP contribution in [0.15, 0.2) is 36.7 Å². The van der Waals surface area contributed by atoms with Crippen molar-refractivity contribution in [2.45, 2.75) is 31.4 Å². The molecule has 0 amide bonds. The molecule has 2 aromatic rings. The summed E-state index contributed by atoms with van der Waals surface area (Å²) in [5.74, 6) is 2.24. The van der Waals surface area contributed by atoms with Crippen molar-refractivity contribution < 1.29 is 9.84 Å². The zero-order valence-electron chi connectivity index (χ0n) is 15.1. The van der Waals surface area contributed by atoms with E-state index in [2.05, 4.69) is 22.0 Å². The Labute approximate surface area is 149 Å². The summed E-state index contributed by atoms with van der Waals surface area (Å²) in [7, 11) is 3.71. The number of nitrogens with zero attached hydrogens (tertiary/aromatic N) is 3. The Bertz CT molecular complexity index is 728. The highest BCUT2D eigenvalue weighted by Crippen LogP contribution is 2.48. The Balaban J connectivity index is 1.58. The third-order valence-corrected chi connectivity index (χ3v) is 6.07. The Morgan fingerprint density at radius 3 is 2.60 bits per heavy atom. The molecule has 1 saturated heterocycles. The first-order valence-corrected chi connectivity index (χ1v) is 9.17. The van der Waals surface area contributed by atoms with E-state index < -0.39 is 5.60 Å². The highest BCUT2D eigenvalue weighted by molar-refractivity contribution is 5.33. The third kappa shape index (κ3) is 2.75. The lowest BCUT2D eigenvalue weighted by atomic mass is 9.65. The number of methoxy groups -OCH3 is 1. The molecule has 1 aliphatic carbocycles. The quantitative estimate of drug-likeness (QED) is 0.928. The largest absolute Gasteiger partial charge is 0.496 e. The van der Waals surface area contributed by atoms with Gasteiger partial charge in [-0.25, -0.2) is 4.98 Å². The molecule has 1 aliphatic heterocycles. The summed E-state index contributed by atoms with van der Waals surface area (Å²) < 4.78 is 7.49. The molecule has 1 aromatic heterocycles. The summed E-state index contributed by atoms with van der Waals surface area (Å²) in [5.41, 5.74) is 0.416. The maximum absolute atomic E-state index is 11.6. The monoisotopic (exact) mass is 341 g/mol. The summed E-state index contributed by atoms with van der Waals surface area (Å²) in [4.78, 5) is 6.98. The molecule has 5 heteroatoms. The van der Waals surface area contributed by atoms with E-state index in [1.165, 1.54) is 12.0 Å². The van der Waals surface area contributed by atoms with Gasteiger partial charge in [0.05, 0.1) is 7.11 Å². The number of benzene rings is 1. The molecule has 2 heterocycles. The number of fused-ring (bicyclic) bond motifs is 2. The molecule has 25 heavy (non-hydrogen) atoms. The molecule has 2 fully saturated rings. The summed E-state index contributed by atoms with van der Waals surface area (Å²) in [6.07, 6.45) is 7.05. The summed E-state index contributed by atoms with van der Waals surface area (Å²) in [6, 6.07) is 8.22. The zero-order valence-corrected chi connectivity index (χ0v) is 15.1. The summed E-state index contributed by atoms with van der Waals surface area (Å²) >= 11 is 0. The van der Waals surface area contributed by atoms with Gasteiger partial charge in [-0.1, -0.05) is 24.6 Å². The molecular weight excluding hydrogens is 314 g/mol. The minimum atomic E-state index is -0.798. The first-order chi connectivity index (χ1) is 12.1. The maximum atomic E-state index is 11.6. The van der Waals surface area contributed by atoms with Crippen LogP contribution in [-0.4, -0.2) is 39.8 Å². The van der Waals surface area contributed by atoms with Gasteiger partial charge in [0.1, 0.15) is 17.2 Å². The number of para-hydroxylation sites is 1. The van der Waals surface area contributed by atoms with Crippen molar-refractivity contribution in [3.05, 3.63) is 48.0 Å². The Morgan fingerprint density at radius 2 is 1.96 bits per heavy atom. The minimum Gasteiger partial charge on any atom is -0.496 e. The lowest BCUT2D eigenvalue weighted by Gasteiger charge is -2.52. The number of imidazole rings is 1. The number of ether oxygens (including phenoxy) is 1. The van der Waals surface area contributed by atoms with Crippen LogP contribution >= 0.6 is 0 Å². The maximum Gasteiger partial charge on any atom is 0.141 e. The van der Waals surface area contributed by atoms with E-state index in [0.29, 0.717) is 0 Å². The van der Waals surface area contributed by atoms with Gasteiger partial charge in [0.15, 0.2) is 0 Å². The molecular formula is C20H27N3O2. The fourth-order valence-corrected chi connectivity index (χ4v) is 4.86. The van der Waals surface area contributed by atoms with Gasteiger partial charge in [-0.2, -0.15) is 0 Å². The topological polar surface area (TPSA) is 50.5 Å². The molecule has 2 unspecified atom stereocenters. The van der Waals surface area contributed by atoms with Crippen LogP contribution < -0.4 is 4.74 Å². The van der Waals surface area contributed by atoms with Crippen molar-refractivity contribution in [1.82, 2.24) is 14.5 Å². The molecule has 1 saturated carbocycles. The van der Waals surface area contributed by atoms with Crippen LogP contribution in [0.2, 0.25) is 0 Å². The van der Waals surface area contributed by atoms with E-state index >= 15 is 0 Å². The van der Waals surface area contributed by atoms with Crippen LogP contribution in [-0.2, 0) is 19.2 Å². The smallest absolute Gasteiger partial charge is 0.141 e. The molecule has 2 bridgehead atoms.